The van der Waals surface area contributed by atoms with Crippen molar-refractivity contribution >= 4 is 24.2 Å². The molecule has 0 spiro atoms. The molecular formula is C12H20O11. The van der Waals surface area contributed by atoms with Gasteiger partial charge in [-0.05, 0) is 12.8 Å². The SMILES string of the molecule is O=C(O)CCCCC(=O)O.O=C[C@H](O)[C@@H](O)[C@H](O)[C@H](O)C(=O)O. The van der Waals surface area contributed by atoms with Crippen molar-refractivity contribution in [3.8, 4) is 0 Å². The van der Waals surface area contributed by atoms with E-state index in [0.717, 1.165) is 0 Å². The Morgan fingerprint density at radius 2 is 1.17 bits per heavy atom. The molecule has 23 heavy (non-hydrogen) atoms. The number of aldehydes is 1. The van der Waals surface area contributed by atoms with Gasteiger partial charge in [-0.1, -0.05) is 0 Å². The number of carbonyl (C=O) groups excluding carboxylic acids is 1. The lowest BCUT2D eigenvalue weighted by Gasteiger charge is -2.21. The van der Waals surface area contributed by atoms with E-state index < -0.39 is 42.3 Å². The van der Waals surface area contributed by atoms with Gasteiger partial charge in [0, 0.05) is 12.8 Å². The number of aliphatic hydroxyl groups excluding tert-OH is 4. The van der Waals surface area contributed by atoms with Crippen LogP contribution in [0.1, 0.15) is 25.7 Å². The van der Waals surface area contributed by atoms with E-state index in [2.05, 4.69) is 0 Å². The van der Waals surface area contributed by atoms with Crippen LogP contribution < -0.4 is 0 Å². The molecule has 0 saturated heterocycles. The second-order valence-corrected chi connectivity index (χ2v) is 4.39. The van der Waals surface area contributed by atoms with Crippen LogP contribution in [0.4, 0.5) is 0 Å². The monoisotopic (exact) mass is 340 g/mol. The van der Waals surface area contributed by atoms with E-state index in [1.54, 1.807) is 0 Å². The molecule has 0 heterocycles. The number of rotatable bonds is 10. The topological polar surface area (TPSA) is 210 Å². The molecule has 0 amide bonds. The highest BCUT2D eigenvalue weighted by atomic mass is 16.4. The normalized spacial score (nSPS) is 15.3. The fourth-order valence-electron chi connectivity index (χ4n) is 1.17. The molecule has 11 heteroatoms. The molecule has 134 valence electrons. The van der Waals surface area contributed by atoms with Crippen molar-refractivity contribution < 1.29 is 54.9 Å². The van der Waals surface area contributed by atoms with Crippen LogP contribution in [0.15, 0.2) is 0 Å². The van der Waals surface area contributed by atoms with E-state index in [4.69, 9.17) is 35.7 Å². The van der Waals surface area contributed by atoms with Gasteiger partial charge in [0.1, 0.15) is 18.3 Å². The Hall–Kier alpha value is -2.08. The molecule has 0 aromatic heterocycles. The lowest BCUT2D eigenvalue weighted by molar-refractivity contribution is -0.163. The van der Waals surface area contributed by atoms with Crippen molar-refractivity contribution in [3.05, 3.63) is 0 Å². The average Bonchev–Trinajstić information content (AvgIpc) is 2.48. The summed E-state index contributed by atoms with van der Waals surface area (Å²) in [6.45, 7) is 0. The van der Waals surface area contributed by atoms with Gasteiger partial charge in [0.25, 0.3) is 0 Å². The van der Waals surface area contributed by atoms with Gasteiger partial charge in [-0.3, -0.25) is 9.59 Å². The first-order valence-electron chi connectivity index (χ1n) is 6.38. The Bertz CT molecular complexity index is 378. The second kappa shape index (κ2) is 12.5. The fourth-order valence-corrected chi connectivity index (χ4v) is 1.17. The van der Waals surface area contributed by atoms with Crippen LogP contribution in [0.25, 0.3) is 0 Å². The molecule has 0 fully saturated rings. The first-order chi connectivity index (χ1) is 10.5. The summed E-state index contributed by atoms with van der Waals surface area (Å²) in [4.78, 5) is 39.8. The molecule has 0 saturated carbocycles. The number of carboxylic acid groups (broad SMARTS) is 3. The molecule has 7 N–H and O–H groups in total. The van der Waals surface area contributed by atoms with Gasteiger partial charge in [-0.15, -0.1) is 0 Å². The van der Waals surface area contributed by atoms with Gasteiger partial charge in [-0.2, -0.15) is 0 Å². The maximum Gasteiger partial charge on any atom is 0.335 e. The van der Waals surface area contributed by atoms with Crippen molar-refractivity contribution in [3.63, 3.8) is 0 Å². The third-order valence-corrected chi connectivity index (χ3v) is 2.45. The molecule has 11 nitrogen and oxygen atoms in total. The van der Waals surface area contributed by atoms with Gasteiger partial charge < -0.3 is 40.5 Å². The standard InChI is InChI=1S/C6H10O7.C6H10O4/c7-1-2(8)3(9)4(10)5(11)6(12)13;7-5(8)3-1-2-4-6(9)10/h1-5,8-11H,(H,12,13);1-4H2,(H,7,8)(H,9,10)/t2-,3+,4-,5-;/m0./s1. The molecule has 0 radical (unpaired) electrons. The van der Waals surface area contributed by atoms with Crippen LogP contribution in [0.3, 0.4) is 0 Å². The van der Waals surface area contributed by atoms with Crippen LogP contribution in [-0.2, 0) is 19.2 Å². The summed E-state index contributed by atoms with van der Waals surface area (Å²) in [5, 5.41) is 59.5. The highest BCUT2D eigenvalue weighted by Crippen LogP contribution is 2.03. The molecule has 4 atom stereocenters. The first kappa shape index (κ1) is 23.2. The number of unbranched alkanes of at least 4 members (excludes halogenated alkanes) is 1. The van der Waals surface area contributed by atoms with E-state index >= 15 is 0 Å². The van der Waals surface area contributed by atoms with Crippen molar-refractivity contribution in [2.24, 2.45) is 0 Å². The Labute approximate surface area is 130 Å². The third-order valence-electron chi connectivity index (χ3n) is 2.45. The molecule has 0 aliphatic heterocycles. The highest BCUT2D eigenvalue weighted by molar-refractivity contribution is 5.73. The molecule has 0 aromatic rings. The minimum absolute atomic E-state index is 0.0628. The predicted molar refractivity (Wildman–Crippen MR) is 71.5 cm³/mol. The minimum Gasteiger partial charge on any atom is -0.481 e. The largest absolute Gasteiger partial charge is 0.481 e. The van der Waals surface area contributed by atoms with Gasteiger partial charge in [0.15, 0.2) is 12.4 Å². The van der Waals surface area contributed by atoms with Gasteiger partial charge >= 0.3 is 17.9 Å². The van der Waals surface area contributed by atoms with Gasteiger partial charge in [0.2, 0.25) is 0 Å². The Morgan fingerprint density at radius 3 is 1.43 bits per heavy atom. The quantitative estimate of drug-likeness (QED) is 0.162. The molecular weight excluding hydrogens is 320 g/mol. The summed E-state index contributed by atoms with van der Waals surface area (Å²) in [6.07, 6.45) is -7.37. The molecule has 0 aliphatic carbocycles. The van der Waals surface area contributed by atoms with Crippen LogP contribution in [0.2, 0.25) is 0 Å². The number of carboxylic acids is 3. The smallest absolute Gasteiger partial charge is 0.335 e. The molecule has 0 unspecified atom stereocenters. The summed E-state index contributed by atoms with van der Waals surface area (Å²) in [6, 6.07) is 0. The third kappa shape index (κ3) is 12.2. The summed E-state index contributed by atoms with van der Waals surface area (Å²) in [5.74, 6) is -3.50. The van der Waals surface area contributed by atoms with E-state index in [9.17, 15) is 19.2 Å². The molecule has 0 aliphatic rings. The first-order valence-corrected chi connectivity index (χ1v) is 6.38. The summed E-state index contributed by atoms with van der Waals surface area (Å²) < 4.78 is 0. The summed E-state index contributed by atoms with van der Waals surface area (Å²) in [7, 11) is 0. The van der Waals surface area contributed by atoms with Crippen molar-refractivity contribution in [1.29, 1.82) is 0 Å². The van der Waals surface area contributed by atoms with E-state index in [1.165, 1.54) is 0 Å². The Kier molecular flexibility index (Phi) is 12.6. The van der Waals surface area contributed by atoms with Crippen LogP contribution >= 0.6 is 0 Å². The Balaban J connectivity index is 0. The summed E-state index contributed by atoms with van der Waals surface area (Å²) >= 11 is 0. The van der Waals surface area contributed by atoms with Crippen LogP contribution in [-0.4, -0.2) is 84.4 Å². The summed E-state index contributed by atoms with van der Waals surface area (Å²) in [5.41, 5.74) is 0. The number of hydrogen-bond donors (Lipinski definition) is 7. The number of aliphatic hydroxyl groups is 4. The lowest BCUT2D eigenvalue weighted by Crippen LogP contribution is -2.48. The maximum absolute atomic E-state index is 10.1. The van der Waals surface area contributed by atoms with Gasteiger partial charge in [-0.25, -0.2) is 4.79 Å². The predicted octanol–water partition coefficient (Wildman–Crippen LogP) is -2.57. The van der Waals surface area contributed by atoms with E-state index in [-0.39, 0.29) is 19.1 Å². The van der Waals surface area contributed by atoms with Crippen molar-refractivity contribution in [2.45, 2.75) is 50.1 Å². The average molecular weight is 340 g/mol. The van der Waals surface area contributed by atoms with Gasteiger partial charge in [0.05, 0.1) is 0 Å². The van der Waals surface area contributed by atoms with E-state index in [0.29, 0.717) is 12.8 Å². The van der Waals surface area contributed by atoms with Crippen LogP contribution in [0, 0.1) is 0 Å². The van der Waals surface area contributed by atoms with Crippen LogP contribution in [0.5, 0.6) is 0 Å². The Morgan fingerprint density at radius 1 is 0.783 bits per heavy atom. The number of hydrogen-bond acceptors (Lipinski definition) is 8. The lowest BCUT2D eigenvalue weighted by atomic mass is 10.0. The fraction of sp³-hybridized carbons (Fsp3) is 0.667. The maximum atomic E-state index is 10.1. The zero-order chi connectivity index (χ0) is 18.6. The number of aliphatic carboxylic acids is 3. The van der Waals surface area contributed by atoms with E-state index in [1.807, 2.05) is 0 Å². The zero-order valence-electron chi connectivity index (χ0n) is 12.0. The molecule has 0 aromatic carbocycles. The van der Waals surface area contributed by atoms with Crippen molar-refractivity contribution in [1.82, 2.24) is 0 Å². The van der Waals surface area contributed by atoms with Crippen molar-refractivity contribution in [2.75, 3.05) is 0 Å². The minimum atomic E-state index is -2.25. The molecule has 0 rings (SSSR count). The zero-order valence-corrected chi connectivity index (χ0v) is 12.0. The highest BCUT2D eigenvalue weighted by Gasteiger charge is 2.33. The second-order valence-electron chi connectivity index (χ2n) is 4.39. The number of carbonyl (C=O) groups is 4. The molecule has 0 bridgehead atoms.